The highest BCUT2D eigenvalue weighted by Gasteiger charge is 2.31. The van der Waals surface area contributed by atoms with Crippen LogP contribution in [-0.4, -0.2) is 32.6 Å². The monoisotopic (exact) mass is 463 g/mol. The first-order valence-corrected chi connectivity index (χ1v) is 10.6. The van der Waals surface area contributed by atoms with Crippen LogP contribution in [0.2, 0.25) is 0 Å². The number of primary sulfonamides is 1. The highest BCUT2D eigenvalue weighted by Crippen LogP contribution is 2.36. The number of carbonyl (C=O) groups excluding carboxylic acids is 2. The van der Waals surface area contributed by atoms with Crippen LogP contribution in [-0.2, 0) is 32.6 Å². The molecule has 0 radical (unpaired) electrons. The molecule has 1 aliphatic rings. The van der Waals surface area contributed by atoms with E-state index in [1.165, 1.54) is 31.5 Å². The fourth-order valence-electron chi connectivity index (χ4n) is 3.39. The van der Waals surface area contributed by atoms with E-state index >= 15 is 0 Å². The van der Waals surface area contributed by atoms with Crippen molar-refractivity contribution < 1.29 is 36.3 Å². The molecule has 32 heavy (non-hydrogen) atoms. The van der Waals surface area contributed by atoms with Gasteiger partial charge in [0.2, 0.25) is 10.0 Å². The van der Waals surface area contributed by atoms with Crippen molar-refractivity contribution in [2.45, 2.75) is 18.0 Å². The topological polar surface area (TPSA) is 129 Å². The number of carbonyl (C=O) groups is 2. The van der Waals surface area contributed by atoms with Crippen molar-refractivity contribution in [1.29, 1.82) is 0 Å². The minimum Gasteiger partial charge on any atom is -0.465 e. The maximum atomic E-state index is 14.6. The molecule has 1 aromatic heterocycles. The van der Waals surface area contributed by atoms with E-state index < -0.39 is 50.7 Å². The number of aromatic nitrogens is 1. The number of rotatable bonds is 4. The lowest BCUT2D eigenvalue weighted by Gasteiger charge is -2.30. The normalized spacial score (nSPS) is 13.6. The van der Waals surface area contributed by atoms with E-state index in [0.717, 1.165) is 4.90 Å². The van der Waals surface area contributed by atoms with Crippen molar-refractivity contribution in [3.05, 3.63) is 64.9 Å². The van der Waals surface area contributed by atoms with Gasteiger partial charge in [0.25, 0.3) is 0 Å². The smallest absolute Gasteiger partial charge is 0.414 e. The van der Waals surface area contributed by atoms with Gasteiger partial charge < -0.3 is 9.47 Å². The van der Waals surface area contributed by atoms with Crippen LogP contribution in [0, 0.1) is 11.6 Å². The number of ether oxygens (including phenoxy) is 2. The van der Waals surface area contributed by atoms with Crippen molar-refractivity contribution >= 4 is 38.7 Å². The lowest BCUT2D eigenvalue weighted by Crippen LogP contribution is -2.36. The molecule has 0 fully saturated rings. The minimum absolute atomic E-state index is 0.109. The first-order valence-electron chi connectivity index (χ1n) is 9.05. The number of hydrogen-bond donors (Lipinski definition) is 1. The fraction of sp³-hybridized carbons (Fsp3) is 0.150. The van der Waals surface area contributed by atoms with Gasteiger partial charge in [-0.15, -0.1) is 0 Å². The Morgan fingerprint density at radius 3 is 2.56 bits per heavy atom. The second-order valence-electron chi connectivity index (χ2n) is 6.91. The van der Waals surface area contributed by atoms with Gasteiger partial charge in [-0.1, -0.05) is 0 Å². The quantitative estimate of drug-likeness (QED) is 0.589. The zero-order valence-corrected chi connectivity index (χ0v) is 17.3. The highest BCUT2D eigenvalue weighted by molar-refractivity contribution is 7.89. The first kappa shape index (κ1) is 21.6. The average molecular weight is 463 g/mol. The molecule has 2 aromatic carbocycles. The number of nitrogens with zero attached hydrogens (tertiary/aromatic N) is 2. The predicted molar refractivity (Wildman–Crippen MR) is 107 cm³/mol. The van der Waals surface area contributed by atoms with Crippen LogP contribution < -0.4 is 10.0 Å². The van der Waals surface area contributed by atoms with Gasteiger partial charge in [-0.2, -0.15) is 0 Å². The van der Waals surface area contributed by atoms with Crippen LogP contribution in [0.5, 0.6) is 0 Å². The molecule has 12 heteroatoms. The van der Waals surface area contributed by atoms with E-state index in [-0.39, 0.29) is 12.2 Å². The standard InChI is InChI=1S/C20H15F2N3O6S/c1-30-19(26)10-2-3-13-17(4-10)24-7-11-9-31-20(27)25(18(11)13)8-14-15(21)5-12(6-16(14)22)32(23,28)29/h2-7H,8-9H2,1H3,(H2,23,28,29). The highest BCUT2D eigenvalue weighted by atomic mass is 32.2. The number of anilines is 1. The summed E-state index contributed by atoms with van der Waals surface area (Å²) in [6.45, 7) is -0.700. The van der Waals surface area contributed by atoms with E-state index in [0.29, 0.717) is 34.3 Å². The van der Waals surface area contributed by atoms with Gasteiger partial charge in [-0.05, 0) is 30.3 Å². The summed E-state index contributed by atoms with van der Waals surface area (Å²) in [6.07, 6.45) is 0.561. The fourth-order valence-corrected chi connectivity index (χ4v) is 3.93. The summed E-state index contributed by atoms with van der Waals surface area (Å²) >= 11 is 0. The molecule has 2 N–H and O–H groups in total. The number of amides is 1. The second kappa shape index (κ2) is 7.80. The molecule has 9 nitrogen and oxygen atoms in total. The van der Waals surface area contributed by atoms with Crippen LogP contribution in [0.4, 0.5) is 19.3 Å². The summed E-state index contributed by atoms with van der Waals surface area (Å²) in [7, 11) is -3.10. The van der Waals surface area contributed by atoms with Gasteiger partial charge in [0, 0.05) is 22.7 Å². The van der Waals surface area contributed by atoms with E-state index in [2.05, 4.69) is 9.72 Å². The maximum absolute atomic E-state index is 14.6. The third-order valence-electron chi connectivity index (χ3n) is 4.94. The zero-order valence-electron chi connectivity index (χ0n) is 16.5. The Bertz CT molecular complexity index is 1370. The maximum Gasteiger partial charge on any atom is 0.414 e. The van der Waals surface area contributed by atoms with Gasteiger partial charge in [0.15, 0.2) is 0 Å². The van der Waals surface area contributed by atoms with Crippen LogP contribution in [0.25, 0.3) is 10.9 Å². The van der Waals surface area contributed by atoms with Crippen molar-refractivity contribution in [2.24, 2.45) is 5.14 Å². The Balaban J connectivity index is 1.83. The molecule has 1 amide bonds. The number of methoxy groups -OCH3 is 1. The van der Waals surface area contributed by atoms with Crippen molar-refractivity contribution in [2.75, 3.05) is 12.0 Å². The lowest BCUT2D eigenvalue weighted by atomic mass is 10.0. The Morgan fingerprint density at radius 1 is 1.25 bits per heavy atom. The molecule has 3 aromatic rings. The molecule has 0 spiro atoms. The summed E-state index contributed by atoms with van der Waals surface area (Å²) in [5.74, 6) is -2.97. The summed E-state index contributed by atoms with van der Waals surface area (Å²) in [4.78, 5) is 28.9. The number of cyclic esters (lactones) is 1. The molecular formula is C20H15F2N3O6S. The number of hydrogen-bond acceptors (Lipinski definition) is 7. The molecule has 0 bridgehead atoms. The molecule has 0 atom stereocenters. The van der Waals surface area contributed by atoms with Crippen LogP contribution in [0.3, 0.4) is 0 Å². The first-order chi connectivity index (χ1) is 15.1. The van der Waals surface area contributed by atoms with E-state index in [4.69, 9.17) is 9.88 Å². The van der Waals surface area contributed by atoms with Gasteiger partial charge >= 0.3 is 12.1 Å². The number of sulfonamides is 1. The Hall–Kier alpha value is -3.64. The molecular weight excluding hydrogens is 448 g/mol. The van der Waals surface area contributed by atoms with Crippen LogP contribution in [0.1, 0.15) is 21.5 Å². The third-order valence-corrected chi connectivity index (χ3v) is 5.83. The Labute approximate surface area is 180 Å². The number of halogens is 2. The number of esters is 1. The molecule has 0 saturated heterocycles. The van der Waals surface area contributed by atoms with Crippen molar-refractivity contribution in [1.82, 2.24) is 4.98 Å². The summed E-state index contributed by atoms with van der Waals surface area (Å²) in [6, 6.07) is 5.63. The van der Waals surface area contributed by atoms with Gasteiger partial charge in [0.1, 0.15) is 18.2 Å². The lowest BCUT2D eigenvalue weighted by molar-refractivity contribution is 0.0600. The molecule has 0 unspecified atom stereocenters. The summed E-state index contributed by atoms with van der Waals surface area (Å²) in [5.41, 5.74) is 0.796. The number of fused-ring (bicyclic) bond motifs is 3. The molecule has 166 valence electrons. The van der Waals surface area contributed by atoms with E-state index in [1.54, 1.807) is 0 Å². The summed E-state index contributed by atoms with van der Waals surface area (Å²) < 4.78 is 61.8. The molecule has 0 saturated carbocycles. The van der Waals surface area contributed by atoms with Gasteiger partial charge in [0.05, 0.1) is 35.3 Å². The molecule has 0 aliphatic carbocycles. The van der Waals surface area contributed by atoms with Crippen LogP contribution >= 0.6 is 0 Å². The molecule has 4 rings (SSSR count). The van der Waals surface area contributed by atoms with Crippen molar-refractivity contribution in [3.8, 4) is 0 Å². The average Bonchev–Trinajstić information content (AvgIpc) is 2.75. The largest absolute Gasteiger partial charge is 0.465 e. The molecule has 2 heterocycles. The minimum atomic E-state index is -4.33. The third kappa shape index (κ3) is 3.74. The Kier molecular flexibility index (Phi) is 5.26. The van der Waals surface area contributed by atoms with Gasteiger partial charge in [-0.3, -0.25) is 9.88 Å². The van der Waals surface area contributed by atoms with E-state index in [1.807, 2.05) is 0 Å². The van der Waals surface area contributed by atoms with Crippen molar-refractivity contribution in [3.63, 3.8) is 0 Å². The molecule has 1 aliphatic heterocycles. The predicted octanol–water partition coefficient (Wildman–Crippen LogP) is 2.60. The zero-order chi connectivity index (χ0) is 23.2. The number of nitrogens with two attached hydrogens (primary N) is 1. The van der Waals surface area contributed by atoms with Crippen LogP contribution in [0.15, 0.2) is 41.4 Å². The number of pyridine rings is 1. The summed E-state index contributed by atoms with van der Waals surface area (Å²) in [5, 5.41) is 5.37. The number of benzene rings is 2. The SMILES string of the molecule is COC(=O)c1ccc2c3c(cnc2c1)COC(=O)N3Cc1c(F)cc(S(N)(=O)=O)cc1F. The Morgan fingerprint density at radius 2 is 1.94 bits per heavy atom. The second-order valence-corrected chi connectivity index (χ2v) is 8.47. The van der Waals surface area contributed by atoms with Gasteiger partial charge in [-0.25, -0.2) is 31.9 Å². The van der Waals surface area contributed by atoms with E-state index in [9.17, 15) is 26.8 Å².